The molecule has 0 saturated carbocycles. The number of carbonyl (C=O) groups is 1. The van der Waals surface area contributed by atoms with Crippen molar-refractivity contribution >= 4 is 11.6 Å². The fraction of sp³-hybridized carbons (Fsp3) is 0.400. The molecule has 6 nitrogen and oxygen atoms in total. The first kappa shape index (κ1) is 20.9. The number of amides is 1. The van der Waals surface area contributed by atoms with Gasteiger partial charge in [0.25, 0.3) is 11.5 Å². The summed E-state index contributed by atoms with van der Waals surface area (Å²) >= 11 is 0. The normalized spacial score (nSPS) is 13.7. The van der Waals surface area contributed by atoms with Crippen molar-refractivity contribution in [1.82, 2.24) is 4.98 Å². The van der Waals surface area contributed by atoms with Gasteiger partial charge in [0.2, 0.25) is 0 Å². The maximum absolute atomic E-state index is 13.1. The molecule has 1 aliphatic carbocycles. The van der Waals surface area contributed by atoms with Crippen LogP contribution >= 0.6 is 0 Å². The molecule has 0 saturated heterocycles. The van der Waals surface area contributed by atoms with Gasteiger partial charge in [0, 0.05) is 12.8 Å². The van der Waals surface area contributed by atoms with E-state index in [9.17, 15) is 22.8 Å². The number of aromatic amines is 1. The summed E-state index contributed by atoms with van der Waals surface area (Å²) in [5.41, 5.74) is -0.144. The van der Waals surface area contributed by atoms with Gasteiger partial charge in [-0.25, -0.2) is 0 Å². The number of benzene rings is 1. The van der Waals surface area contributed by atoms with E-state index in [-0.39, 0.29) is 30.2 Å². The lowest BCUT2D eigenvalue weighted by atomic mass is 9.95. The van der Waals surface area contributed by atoms with Crippen LogP contribution in [0, 0.1) is 0 Å². The van der Waals surface area contributed by atoms with Crippen LogP contribution in [0.3, 0.4) is 0 Å². The van der Waals surface area contributed by atoms with Crippen molar-refractivity contribution in [3.8, 4) is 5.75 Å². The standard InChI is InChI=1S/C20H21F3N2O4/c1-28-8-9-29-17-7-6-13(20(21,22)23)11-16(17)25-19(27)14-10-12-4-2-3-5-15(12)24-18(14)26/h6-7,10-11H,2-5,8-9H2,1H3,(H,24,26)(H,25,27). The number of aryl methyl sites for hydroxylation is 2. The summed E-state index contributed by atoms with van der Waals surface area (Å²) in [7, 11) is 1.46. The molecule has 3 rings (SSSR count). The molecule has 1 amide bonds. The van der Waals surface area contributed by atoms with Crippen molar-refractivity contribution in [2.75, 3.05) is 25.6 Å². The number of H-pyrrole nitrogens is 1. The van der Waals surface area contributed by atoms with Crippen LogP contribution in [0.2, 0.25) is 0 Å². The third kappa shape index (κ3) is 4.97. The van der Waals surface area contributed by atoms with Crippen molar-refractivity contribution < 1.29 is 27.4 Å². The summed E-state index contributed by atoms with van der Waals surface area (Å²) in [6, 6.07) is 4.29. The van der Waals surface area contributed by atoms with E-state index in [1.54, 1.807) is 0 Å². The van der Waals surface area contributed by atoms with E-state index in [1.807, 2.05) is 0 Å². The second-order valence-electron chi connectivity index (χ2n) is 6.73. The third-order valence-corrected chi connectivity index (χ3v) is 4.68. The topological polar surface area (TPSA) is 80.4 Å². The molecule has 1 aliphatic rings. The minimum Gasteiger partial charge on any atom is -0.489 e. The Kier molecular flexibility index (Phi) is 6.26. The van der Waals surface area contributed by atoms with Gasteiger partial charge in [-0.05, 0) is 55.5 Å². The molecule has 1 aromatic heterocycles. The predicted octanol–water partition coefficient (Wildman–Crippen LogP) is 3.55. The molecule has 2 aromatic rings. The van der Waals surface area contributed by atoms with Gasteiger partial charge in [0.15, 0.2) is 0 Å². The number of fused-ring (bicyclic) bond motifs is 1. The minimum absolute atomic E-state index is 0.0535. The number of hydrogen-bond acceptors (Lipinski definition) is 4. The molecule has 0 bridgehead atoms. The third-order valence-electron chi connectivity index (χ3n) is 4.68. The van der Waals surface area contributed by atoms with Crippen LogP contribution in [0.25, 0.3) is 0 Å². The summed E-state index contributed by atoms with van der Waals surface area (Å²) in [6.07, 6.45) is -1.21. The van der Waals surface area contributed by atoms with Crippen molar-refractivity contribution in [3.63, 3.8) is 0 Å². The van der Waals surface area contributed by atoms with E-state index < -0.39 is 23.2 Å². The number of carbonyl (C=O) groups excluding carboxylic acids is 1. The highest BCUT2D eigenvalue weighted by Crippen LogP contribution is 2.35. The summed E-state index contributed by atoms with van der Waals surface area (Å²) in [5, 5.41) is 2.39. The maximum atomic E-state index is 13.1. The van der Waals surface area contributed by atoms with Crippen molar-refractivity contribution in [1.29, 1.82) is 0 Å². The van der Waals surface area contributed by atoms with Crippen LogP contribution in [-0.2, 0) is 23.8 Å². The van der Waals surface area contributed by atoms with Gasteiger partial charge < -0.3 is 19.8 Å². The highest BCUT2D eigenvalue weighted by Gasteiger charge is 2.31. The Morgan fingerprint density at radius 2 is 1.93 bits per heavy atom. The van der Waals surface area contributed by atoms with Gasteiger partial charge >= 0.3 is 6.18 Å². The van der Waals surface area contributed by atoms with Crippen LogP contribution in [0.15, 0.2) is 29.1 Å². The Morgan fingerprint density at radius 1 is 1.17 bits per heavy atom. The molecule has 2 N–H and O–H groups in total. The molecular weight excluding hydrogens is 389 g/mol. The van der Waals surface area contributed by atoms with E-state index in [0.29, 0.717) is 0 Å². The van der Waals surface area contributed by atoms with Crippen LogP contribution in [0.1, 0.15) is 40.0 Å². The molecular formula is C20H21F3N2O4. The molecule has 1 heterocycles. The quantitative estimate of drug-likeness (QED) is 0.714. The monoisotopic (exact) mass is 410 g/mol. The van der Waals surface area contributed by atoms with Gasteiger partial charge in [-0.3, -0.25) is 9.59 Å². The number of rotatable bonds is 6. The Labute approximate surface area is 165 Å². The highest BCUT2D eigenvalue weighted by atomic mass is 19.4. The van der Waals surface area contributed by atoms with Gasteiger partial charge in [0.05, 0.1) is 17.9 Å². The molecule has 0 unspecified atom stereocenters. The van der Waals surface area contributed by atoms with E-state index in [0.717, 1.165) is 55.1 Å². The van der Waals surface area contributed by atoms with E-state index >= 15 is 0 Å². The van der Waals surface area contributed by atoms with Gasteiger partial charge in [-0.15, -0.1) is 0 Å². The van der Waals surface area contributed by atoms with Gasteiger partial charge in [0.1, 0.15) is 17.9 Å². The second-order valence-corrected chi connectivity index (χ2v) is 6.73. The Hall–Kier alpha value is -2.81. The predicted molar refractivity (Wildman–Crippen MR) is 100 cm³/mol. The molecule has 9 heteroatoms. The lowest BCUT2D eigenvalue weighted by Crippen LogP contribution is -2.26. The Morgan fingerprint density at radius 3 is 2.66 bits per heavy atom. The van der Waals surface area contributed by atoms with E-state index in [4.69, 9.17) is 9.47 Å². The number of pyridine rings is 1. The van der Waals surface area contributed by atoms with E-state index in [1.165, 1.54) is 13.2 Å². The molecule has 29 heavy (non-hydrogen) atoms. The van der Waals surface area contributed by atoms with Gasteiger partial charge in [-0.1, -0.05) is 0 Å². The van der Waals surface area contributed by atoms with Crippen LogP contribution in [-0.4, -0.2) is 31.2 Å². The first-order valence-corrected chi connectivity index (χ1v) is 9.19. The SMILES string of the molecule is COCCOc1ccc(C(F)(F)F)cc1NC(=O)c1cc2c([nH]c1=O)CCCC2. The number of ether oxygens (including phenoxy) is 2. The summed E-state index contributed by atoms with van der Waals surface area (Å²) < 4.78 is 49.5. The van der Waals surface area contributed by atoms with Crippen molar-refractivity contribution in [3.05, 3.63) is 57.0 Å². The Balaban J connectivity index is 1.91. The fourth-order valence-electron chi connectivity index (χ4n) is 3.20. The maximum Gasteiger partial charge on any atom is 0.416 e. The fourth-order valence-corrected chi connectivity index (χ4v) is 3.20. The second kappa shape index (κ2) is 8.69. The number of halogens is 3. The first-order valence-electron chi connectivity index (χ1n) is 9.19. The lowest BCUT2D eigenvalue weighted by Gasteiger charge is -2.17. The smallest absolute Gasteiger partial charge is 0.416 e. The number of anilines is 1. The molecule has 0 aliphatic heterocycles. The zero-order chi connectivity index (χ0) is 21.0. The minimum atomic E-state index is -4.59. The van der Waals surface area contributed by atoms with Gasteiger partial charge in [-0.2, -0.15) is 13.2 Å². The number of nitrogens with one attached hydrogen (secondary N) is 2. The molecule has 0 radical (unpaired) electrons. The Bertz CT molecular complexity index is 954. The number of aromatic nitrogens is 1. The molecule has 0 spiro atoms. The summed E-state index contributed by atoms with van der Waals surface area (Å²) in [4.78, 5) is 27.7. The average molecular weight is 410 g/mol. The van der Waals surface area contributed by atoms with Crippen LogP contribution < -0.4 is 15.6 Å². The summed E-state index contributed by atoms with van der Waals surface area (Å²) in [5.74, 6) is -0.742. The highest BCUT2D eigenvalue weighted by molar-refractivity contribution is 6.05. The largest absolute Gasteiger partial charge is 0.489 e. The zero-order valence-corrected chi connectivity index (χ0v) is 15.8. The van der Waals surface area contributed by atoms with Crippen molar-refractivity contribution in [2.45, 2.75) is 31.9 Å². The van der Waals surface area contributed by atoms with Crippen LogP contribution in [0.4, 0.5) is 18.9 Å². The number of hydrogen-bond donors (Lipinski definition) is 2. The van der Waals surface area contributed by atoms with E-state index in [2.05, 4.69) is 10.3 Å². The summed E-state index contributed by atoms with van der Waals surface area (Å²) in [6.45, 7) is 0.309. The molecule has 0 atom stereocenters. The molecule has 0 fully saturated rings. The number of alkyl halides is 3. The molecule has 156 valence electrons. The number of methoxy groups -OCH3 is 1. The lowest BCUT2D eigenvalue weighted by molar-refractivity contribution is -0.137. The first-order chi connectivity index (χ1) is 13.8. The van der Waals surface area contributed by atoms with Crippen molar-refractivity contribution in [2.24, 2.45) is 0 Å². The zero-order valence-electron chi connectivity index (χ0n) is 15.8. The molecule has 1 aromatic carbocycles. The van der Waals surface area contributed by atoms with Crippen LogP contribution in [0.5, 0.6) is 5.75 Å². The average Bonchev–Trinajstić information content (AvgIpc) is 2.67.